The second-order valence-electron chi connectivity index (χ2n) is 3.09. The highest BCUT2D eigenvalue weighted by molar-refractivity contribution is 6.17. The molecule has 0 aromatic rings. The molecule has 0 aliphatic rings. The van der Waals surface area contributed by atoms with E-state index < -0.39 is 12.2 Å². The molecule has 0 saturated carbocycles. The molecule has 0 fully saturated rings. The van der Waals surface area contributed by atoms with Crippen molar-refractivity contribution < 1.29 is 14.6 Å². The number of aliphatic hydroxyl groups excluding tert-OH is 1. The van der Waals surface area contributed by atoms with Gasteiger partial charge >= 0.3 is 6.09 Å². The number of likely N-dealkylation sites (N-methyl/N-ethyl adjacent to an activating group) is 1. The lowest BCUT2D eigenvalue weighted by atomic mass is 10.3. The lowest BCUT2D eigenvalue weighted by Crippen LogP contribution is -2.34. The molecule has 84 valence electrons. The minimum atomic E-state index is -0.868. The number of halogens is 1. The third-order valence-corrected chi connectivity index (χ3v) is 1.88. The van der Waals surface area contributed by atoms with Gasteiger partial charge < -0.3 is 20.5 Å². The number of hydrogen-bond donors (Lipinski definition) is 2. The van der Waals surface area contributed by atoms with Crippen LogP contribution in [0.1, 0.15) is 6.42 Å². The van der Waals surface area contributed by atoms with Gasteiger partial charge in [0.25, 0.3) is 0 Å². The number of hydrogen-bond acceptors (Lipinski definition) is 4. The van der Waals surface area contributed by atoms with Crippen molar-refractivity contribution in [2.24, 2.45) is 5.73 Å². The Balaban J connectivity index is 3.49. The first-order valence-corrected chi connectivity index (χ1v) is 4.94. The van der Waals surface area contributed by atoms with Gasteiger partial charge in [-0.3, -0.25) is 0 Å². The number of rotatable bonds is 7. The van der Waals surface area contributed by atoms with Gasteiger partial charge in [-0.2, -0.15) is 0 Å². The van der Waals surface area contributed by atoms with Crippen LogP contribution in [0, 0.1) is 0 Å². The van der Waals surface area contributed by atoms with Crippen LogP contribution in [0.5, 0.6) is 0 Å². The van der Waals surface area contributed by atoms with Crippen molar-refractivity contribution >= 4 is 17.7 Å². The summed E-state index contributed by atoms with van der Waals surface area (Å²) >= 11 is 5.51. The third-order valence-electron chi connectivity index (χ3n) is 1.61. The number of nitrogens with two attached hydrogens (primary N) is 1. The lowest BCUT2D eigenvalue weighted by Gasteiger charge is -2.19. The third kappa shape index (κ3) is 8.10. The molecule has 1 amide bonds. The number of primary amides is 1. The summed E-state index contributed by atoms with van der Waals surface area (Å²) in [7, 11) is 1.86. The van der Waals surface area contributed by atoms with E-state index in [1.807, 2.05) is 11.9 Å². The molecule has 0 heterocycles. The molecule has 14 heavy (non-hydrogen) atoms. The molecule has 0 spiro atoms. The minimum Gasteiger partial charge on any atom is -0.447 e. The molecule has 0 aromatic carbocycles. The van der Waals surface area contributed by atoms with E-state index in [4.69, 9.17) is 17.3 Å². The summed E-state index contributed by atoms with van der Waals surface area (Å²) in [5, 5.41) is 9.36. The summed E-state index contributed by atoms with van der Waals surface area (Å²) in [6, 6.07) is 0. The van der Waals surface area contributed by atoms with E-state index in [2.05, 4.69) is 4.74 Å². The molecule has 0 saturated heterocycles. The van der Waals surface area contributed by atoms with Crippen LogP contribution in [0.2, 0.25) is 0 Å². The predicted molar refractivity (Wildman–Crippen MR) is 54.4 cm³/mol. The highest BCUT2D eigenvalue weighted by Gasteiger charge is 2.09. The Hall–Kier alpha value is -0.520. The van der Waals surface area contributed by atoms with E-state index in [0.717, 1.165) is 13.0 Å². The van der Waals surface area contributed by atoms with Gasteiger partial charge in [-0.05, 0) is 20.0 Å². The molecule has 0 bridgehead atoms. The van der Waals surface area contributed by atoms with Crippen LogP contribution in [0.3, 0.4) is 0 Å². The highest BCUT2D eigenvalue weighted by atomic mass is 35.5. The SMILES string of the molecule is CN(CCCCl)CC(O)COC(N)=O. The number of ether oxygens (including phenoxy) is 1. The van der Waals surface area contributed by atoms with Crippen molar-refractivity contribution in [3.63, 3.8) is 0 Å². The van der Waals surface area contributed by atoms with Gasteiger partial charge in [0.1, 0.15) is 12.7 Å². The fourth-order valence-corrected chi connectivity index (χ4v) is 1.13. The monoisotopic (exact) mass is 224 g/mol. The second-order valence-corrected chi connectivity index (χ2v) is 3.47. The van der Waals surface area contributed by atoms with Crippen molar-refractivity contribution in [3.05, 3.63) is 0 Å². The highest BCUT2D eigenvalue weighted by Crippen LogP contribution is 1.94. The topological polar surface area (TPSA) is 75.8 Å². The molecule has 3 N–H and O–H groups in total. The zero-order valence-corrected chi connectivity index (χ0v) is 9.04. The fourth-order valence-electron chi connectivity index (χ4n) is 1.01. The number of carbonyl (C=O) groups excluding carboxylic acids is 1. The molecular weight excluding hydrogens is 208 g/mol. The van der Waals surface area contributed by atoms with Crippen LogP contribution < -0.4 is 5.73 Å². The average molecular weight is 225 g/mol. The van der Waals surface area contributed by atoms with Crippen LogP contribution in [-0.2, 0) is 4.74 Å². The summed E-state index contributed by atoms with van der Waals surface area (Å²) in [6.07, 6.45) is -0.711. The van der Waals surface area contributed by atoms with Crippen LogP contribution in [0.25, 0.3) is 0 Å². The maximum absolute atomic E-state index is 10.2. The summed E-state index contributed by atoms with van der Waals surface area (Å²) in [4.78, 5) is 12.1. The summed E-state index contributed by atoms with van der Waals surface area (Å²) in [6.45, 7) is 1.17. The van der Waals surface area contributed by atoms with E-state index in [1.165, 1.54) is 0 Å². The van der Waals surface area contributed by atoms with E-state index in [9.17, 15) is 9.90 Å². The summed E-state index contributed by atoms with van der Waals surface area (Å²) in [5.41, 5.74) is 4.75. The first-order valence-electron chi connectivity index (χ1n) is 4.41. The van der Waals surface area contributed by atoms with Crippen molar-refractivity contribution in [2.75, 3.05) is 32.6 Å². The van der Waals surface area contributed by atoms with E-state index in [0.29, 0.717) is 12.4 Å². The maximum Gasteiger partial charge on any atom is 0.404 e. The van der Waals surface area contributed by atoms with Crippen LogP contribution in [0.15, 0.2) is 0 Å². The Bertz CT molecular complexity index is 169. The van der Waals surface area contributed by atoms with E-state index in [-0.39, 0.29) is 6.61 Å². The standard InChI is InChI=1S/C8H17ClN2O3/c1-11(4-2-3-9)5-7(12)6-14-8(10)13/h7,12H,2-6H2,1H3,(H2,10,13). The average Bonchev–Trinajstić information content (AvgIpc) is 2.11. The molecule has 6 heteroatoms. The largest absolute Gasteiger partial charge is 0.447 e. The summed E-state index contributed by atoms with van der Waals surface area (Å²) < 4.78 is 4.45. The predicted octanol–water partition coefficient (Wildman–Crippen LogP) is 0.00330. The number of aliphatic hydroxyl groups is 1. The van der Waals surface area contributed by atoms with Crippen molar-refractivity contribution in [3.8, 4) is 0 Å². The Morgan fingerprint density at radius 3 is 2.86 bits per heavy atom. The van der Waals surface area contributed by atoms with Crippen molar-refractivity contribution in [1.82, 2.24) is 4.90 Å². The van der Waals surface area contributed by atoms with E-state index in [1.54, 1.807) is 0 Å². The van der Waals surface area contributed by atoms with Crippen LogP contribution in [-0.4, -0.2) is 54.8 Å². The number of carbonyl (C=O) groups is 1. The minimum absolute atomic E-state index is 0.0689. The second kappa shape index (κ2) is 7.84. The molecule has 5 nitrogen and oxygen atoms in total. The van der Waals surface area contributed by atoms with Crippen LogP contribution >= 0.6 is 11.6 Å². The maximum atomic E-state index is 10.2. The van der Waals surface area contributed by atoms with Crippen molar-refractivity contribution in [2.45, 2.75) is 12.5 Å². The van der Waals surface area contributed by atoms with Gasteiger partial charge in [0.15, 0.2) is 0 Å². The molecule has 0 aromatic heterocycles. The Labute approximate surface area is 88.8 Å². The van der Waals surface area contributed by atoms with Gasteiger partial charge in [0.05, 0.1) is 0 Å². The van der Waals surface area contributed by atoms with Gasteiger partial charge in [0.2, 0.25) is 0 Å². The Morgan fingerprint density at radius 2 is 2.36 bits per heavy atom. The summed E-state index contributed by atoms with van der Waals surface area (Å²) in [5.74, 6) is 0.595. The molecule has 0 radical (unpaired) electrons. The molecule has 1 unspecified atom stereocenters. The molecular formula is C8H17ClN2O3. The Morgan fingerprint density at radius 1 is 1.71 bits per heavy atom. The number of amides is 1. The Kier molecular flexibility index (Phi) is 7.55. The quantitative estimate of drug-likeness (QED) is 0.597. The fraction of sp³-hybridized carbons (Fsp3) is 0.875. The number of alkyl halides is 1. The first kappa shape index (κ1) is 13.5. The first-order chi connectivity index (χ1) is 6.56. The lowest BCUT2D eigenvalue weighted by molar-refractivity contribution is 0.0525. The zero-order chi connectivity index (χ0) is 11.0. The molecule has 1 atom stereocenters. The van der Waals surface area contributed by atoms with Crippen molar-refractivity contribution in [1.29, 1.82) is 0 Å². The molecule has 0 aliphatic heterocycles. The number of nitrogens with zero attached hydrogens (tertiary/aromatic N) is 1. The van der Waals surface area contributed by atoms with Gasteiger partial charge in [-0.25, -0.2) is 4.79 Å². The van der Waals surface area contributed by atoms with Gasteiger partial charge in [0, 0.05) is 12.4 Å². The van der Waals surface area contributed by atoms with E-state index >= 15 is 0 Å². The molecule has 0 aliphatic carbocycles. The van der Waals surface area contributed by atoms with Crippen LogP contribution in [0.4, 0.5) is 4.79 Å². The smallest absolute Gasteiger partial charge is 0.404 e. The zero-order valence-electron chi connectivity index (χ0n) is 8.28. The van der Waals surface area contributed by atoms with Gasteiger partial charge in [-0.15, -0.1) is 11.6 Å². The van der Waals surface area contributed by atoms with Gasteiger partial charge in [-0.1, -0.05) is 0 Å². The normalized spacial score (nSPS) is 12.9. The molecule has 0 rings (SSSR count).